The molecule has 0 saturated heterocycles. The Morgan fingerprint density at radius 1 is 0.667 bits per heavy atom. The van der Waals surface area contributed by atoms with E-state index in [0.717, 1.165) is 57.3 Å². The van der Waals surface area contributed by atoms with E-state index in [1.54, 1.807) is 0 Å². The predicted molar refractivity (Wildman–Crippen MR) is 247 cm³/mol. The van der Waals surface area contributed by atoms with Gasteiger partial charge in [0.1, 0.15) is 5.82 Å². The van der Waals surface area contributed by atoms with Gasteiger partial charge in [0.2, 0.25) is 0 Å². The van der Waals surface area contributed by atoms with Crippen molar-refractivity contribution in [3.05, 3.63) is 163 Å². The second-order valence-electron chi connectivity index (χ2n) is 19.0. The molecule has 0 bridgehead atoms. The van der Waals surface area contributed by atoms with E-state index >= 15 is 0 Å². The van der Waals surface area contributed by atoms with E-state index in [1.807, 2.05) is 12.3 Å². The Hall–Kier alpha value is -5.12. The van der Waals surface area contributed by atoms with Gasteiger partial charge in [-0.05, 0) is 94.3 Å². The molecule has 0 spiro atoms. The first-order valence-electron chi connectivity index (χ1n) is 21.1. The Morgan fingerprint density at radius 2 is 1.35 bits per heavy atom. The van der Waals surface area contributed by atoms with Crippen molar-refractivity contribution in [1.29, 1.82) is 0 Å². The van der Waals surface area contributed by atoms with E-state index in [4.69, 9.17) is 9.72 Å². The molecule has 0 radical (unpaired) electrons. The van der Waals surface area contributed by atoms with Crippen molar-refractivity contribution < 1.29 is 25.8 Å². The number of aromatic nitrogens is 2. The van der Waals surface area contributed by atoms with E-state index < -0.39 is 0 Å². The number of para-hydroxylation sites is 1. The molecule has 2 aromatic heterocycles. The molecule has 5 aromatic carbocycles. The van der Waals surface area contributed by atoms with Gasteiger partial charge in [0.15, 0.2) is 0 Å². The largest absolute Gasteiger partial charge is 0.509 e. The Morgan fingerprint density at radius 3 is 2.02 bits per heavy atom. The van der Waals surface area contributed by atoms with Crippen LogP contribution in [0, 0.1) is 36.1 Å². The number of ether oxygens (including phenoxy) is 1. The van der Waals surface area contributed by atoms with Crippen LogP contribution in [0.25, 0.3) is 38.8 Å². The van der Waals surface area contributed by atoms with Crippen LogP contribution in [0.1, 0.15) is 85.9 Å². The molecule has 1 aliphatic rings. The van der Waals surface area contributed by atoms with Crippen LogP contribution in [-0.2, 0) is 39.3 Å². The number of rotatable bonds is 10. The van der Waals surface area contributed by atoms with Gasteiger partial charge < -0.3 is 19.1 Å². The van der Waals surface area contributed by atoms with Gasteiger partial charge in [-0.15, -0.1) is 53.6 Å². The summed E-state index contributed by atoms with van der Waals surface area (Å²) in [5.41, 5.74) is 11.3. The average Bonchev–Trinajstić information content (AvgIpc) is 3.78. The number of nitrogens with zero attached hydrogens (tertiary/aromatic N) is 4. The molecule has 5 nitrogen and oxygen atoms in total. The fourth-order valence-corrected chi connectivity index (χ4v) is 8.18. The summed E-state index contributed by atoms with van der Waals surface area (Å²) in [6.45, 7) is 25.0. The van der Waals surface area contributed by atoms with Crippen molar-refractivity contribution in [1.82, 2.24) is 9.55 Å². The van der Waals surface area contributed by atoms with Crippen molar-refractivity contribution in [2.45, 2.75) is 87.5 Å². The number of allylic oxidation sites excluding steroid dienone is 1. The Bertz CT molecular complexity index is 2630. The molecule has 60 heavy (non-hydrogen) atoms. The van der Waals surface area contributed by atoms with E-state index in [0.29, 0.717) is 23.3 Å². The summed E-state index contributed by atoms with van der Waals surface area (Å²) in [4.78, 5) is 9.45. The van der Waals surface area contributed by atoms with Gasteiger partial charge in [0, 0.05) is 61.1 Å². The summed E-state index contributed by atoms with van der Waals surface area (Å²) in [6.07, 6.45) is 6.26. The van der Waals surface area contributed by atoms with Gasteiger partial charge in [0.05, 0.1) is 0 Å². The number of fused-ring (bicyclic) bond motifs is 3. The quantitative estimate of drug-likeness (QED) is 0.128. The summed E-state index contributed by atoms with van der Waals surface area (Å²) in [7, 11) is 0. The van der Waals surface area contributed by atoms with Gasteiger partial charge in [-0.2, -0.15) is 6.07 Å². The molecule has 0 aliphatic carbocycles. The molecule has 312 valence electrons. The molecule has 6 heteroatoms. The number of pyridine rings is 1. The van der Waals surface area contributed by atoms with Crippen LogP contribution in [-0.4, -0.2) is 9.55 Å². The molecular weight excluding hydrogens is 916 g/mol. The van der Waals surface area contributed by atoms with Crippen LogP contribution in [0.3, 0.4) is 0 Å². The fourth-order valence-electron chi connectivity index (χ4n) is 8.18. The van der Waals surface area contributed by atoms with E-state index in [-0.39, 0.29) is 31.9 Å². The average molecular weight is 973 g/mol. The number of hydrogen-bond acceptors (Lipinski definition) is 4. The molecule has 0 N–H and O–H groups in total. The van der Waals surface area contributed by atoms with Gasteiger partial charge in [-0.3, -0.25) is 0 Å². The summed E-state index contributed by atoms with van der Waals surface area (Å²) < 4.78 is 9.01. The monoisotopic (exact) mass is 972 g/mol. The molecule has 1 aliphatic heterocycles. The van der Waals surface area contributed by atoms with Gasteiger partial charge in [-0.25, -0.2) is 4.98 Å². The van der Waals surface area contributed by atoms with Crippen molar-refractivity contribution >= 4 is 33.2 Å². The van der Waals surface area contributed by atoms with E-state index in [1.165, 1.54) is 28.1 Å². The van der Waals surface area contributed by atoms with Gasteiger partial charge in [0.25, 0.3) is 0 Å². The normalized spacial score (nSPS) is 13.4. The number of hydrogen-bond donors (Lipinski definition) is 0. The van der Waals surface area contributed by atoms with Crippen molar-refractivity contribution in [2.75, 3.05) is 9.80 Å². The first-order chi connectivity index (χ1) is 28.1. The molecule has 0 fully saturated rings. The first kappa shape index (κ1) is 43.0. The summed E-state index contributed by atoms with van der Waals surface area (Å²) in [5, 5.41) is 2.24. The molecular formula is C54H57N4OPt-3. The van der Waals surface area contributed by atoms with Crippen LogP contribution in [0.15, 0.2) is 127 Å². The summed E-state index contributed by atoms with van der Waals surface area (Å²) in [5.74, 6) is 3.22. The second-order valence-corrected chi connectivity index (χ2v) is 19.0. The number of anilines is 2. The molecule has 0 saturated carbocycles. The van der Waals surface area contributed by atoms with Crippen LogP contribution in [0.2, 0.25) is 0 Å². The number of benzene rings is 5. The minimum Gasteiger partial charge on any atom is -0.509 e. The van der Waals surface area contributed by atoms with Crippen LogP contribution in [0.5, 0.6) is 11.5 Å². The summed E-state index contributed by atoms with van der Waals surface area (Å²) in [6, 6.07) is 46.2. The van der Waals surface area contributed by atoms with Gasteiger partial charge >= 0.3 is 0 Å². The third kappa shape index (κ3) is 9.13. The zero-order chi connectivity index (χ0) is 41.6. The maximum atomic E-state index is 6.80. The Kier molecular flexibility index (Phi) is 12.2. The maximum Gasteiger partial charge on any atom is 0.135 e. The fraction of sp³-hybridized carbons (Fsp3) is 0.296. The zero-order valence-corrected chi connectivity index (χ0v) is 39.0. The molecule has 0 amide bonds. The maximum absolute atomic E-state index is 6.80. The van der Waals surface area contributed by atoms with Crippen molar-refractivity contribution in [3.8, 4) is 28.4 Å². The third-order valence-electron chi connectivity index (χ3n) is 11.0. The smallest absolute Gasteiger partial charge is 0.135 e. The zero-order valence-electron chi connectivity index (χ0n) is 36.7. The van der Waals surface area contributed by atoms with Gasteiger partial charge in [-0.1, -0.05) is 129 Å². The predicted octanol–water partition coefficient (Wildman–Crippen LogP) is 14.3. The molecule has 8 rings (SSSR count). The SMILES string of the molecule is CC(C)Cc1cc(CC(C)C)cc(N2[CH-]N(c3[c-]c(Oc4[c-]c5c(cc4)c4ccccc4n5-c4cc(C(C)(C)C)ccn4)cc(-c4ccccc4)c3)C=C2C(C)(C)C)c1.[Pt]. The van der Waals surface area contributed by atoms with Crippen LogP contribution in [0.4, 0.5) is 11.4 Å². The third-order valence-corrected chi connectivity index (χ3v) is 11.0. The standard InChI is InChI=1S/C54H57N4O.Pt/c1-36(2)24-38-26-39(25-37(3)4)28-44(27-38)57-35-56(34-51(57)54(8,9)10)43-29-41(40-16-12-11-13-17-40)30-46(32-43)59-45-20-21-48-47-18-14-15-19-49(47)58(50(48)33-45)52-31-42(22-23-55-52)53(5,6)7;/h11-23,26-31,34-37H,24-25H2,1-10H3;/q-3;. The minimum absolute atomic E-state index is 0. The molecule has 7 aromatic rings. The van der Waals surface area contributed by atoms with Crippen molar-refractivity contribution in [2.24, 2.45) is 17.3 Å². The van der Waals surface area contributed by atoms with Crippen LogP contribution >= 0.6 is 0 Å². The summed E-state index contributed by atoms with van der Waals surface area (Å²) >= 11 is 0. The first-order valence-corrected chi connectivity index (χ1v) is 21.1. The van der Waals surface area contributed by atoms with E-state index in [9.17, 15) is 0 Å². The Balaban J connectivity index is 0.00000544. The molecule has 0 atom stereocenters. The molecule has 3 heterocycles. The minimum atomic E-state index is -0.127. The Labute approximate surface area is 372 Å². The van der Waals surface area contributed by atoms with Crippen LogP contribution < -0.4 is 14.5 Å². The topological polar surface area (TPSA) is 33.5 Å². The second kappa shape index (κ2) is 17.1. The van der Waals surface area contributed by atoms with E-state index in [2.05, 4.69) is 212 Å². The van der Waals surface area contributed by atoms with Crippen molar-refractivity contribution in [3.63, 3.8) is 0 Å². The molecule has 0 unspecified atom stereocenters.